The van der Waals surface area contributed by atoms with Gasteiger partial charge in [0.1, 0.15) is 0 Å². The van der Waals surface area contributed by atoms with E-state index in [1.807, 2.05) is 0 Å². The molecule has 0 aliphatic heterocycles. The monoisotopic (exact) mass is 472 g/mol. The second kappa shape index (κ2) is 12.7. The molecule has 0 radical (unpaired) electrons. The van der Waals surface area contributed by atoms with Crippen LogP contribution in [0.2, 0.25) is 18.1 Å². The van der Waals surface area contributed by atoms with E-state index in [1.54, 1.807) is 0 Å². The number of rotatable bonds is 13. The Morgan fingerprint density at radius 2 is 1.91 bits per heavy atom. The van der Waals surface area contributed by atoms with Gasteiger partial charge < -0.3 is 14.6 Å². The Kier molecular flexibility index (Phi) is 10.6. The molecule has 1 aromatic rings. The number of unbranched alkanes of at least 4 members (excludes halogenated alkanes) is 1. The predicted octanol–water partition coefficient (Wildman–Crippen LogP) is 6.91. The second-order valence-corrected chi connectivity index (χ2v) is 15.7. The summed E-state index contributed by atoms with van der Waals surface area (Å²) in [6.07, 6.45) is 12.2. The van der Waals surface area contributed by atoms with Crippen LogP contribution in [0.25, 0.3) is 0 Å². The number of allylic oxidation sites excluding steroid dienone is 2. The molecule has 2 N–H and O–H groups in total. The highest BCUT2D eigenvalue weighted by atomic mass is 28.4. The average Bonchev–Trinajstić information content (AvgIpc) is 3.08. The zero-order valence-corrected chi connectivity index (χ0v) is 22.2. The van der Waals surface area contributed by atoms with E-state index in [2.05, 4.69) is 82.4 Å². The Balaban J connectivity index is 1.98. The Morgan fingerprint density at radius 1 is 1.21 bits per heavy atom. The van der Waals surface area contributed by atoms with Gasteiger partial charge in [0.2, 0.25) is 0 Å². The van der Waals surface area contributed by atoms with Gasteiger partial charge in [0.15, 0.2) is 8.32 Å². The third-order valence-corrected chi connectivity index (χ3v) is 11.7. The lowest BCUT2D eigenvalue weighted by Gasteiger charge is -2.39. The molecule has 0 fully saturated rings. The van der Waals surface area contributed by atoms with Crippen LogP contribution in [0.5, 0.6) is 0 Å². The first-order valence-corrected chi connectivity index (χ1v) is 15.4. The highest BCUT2D eigenvalue weighted by Gasteiger charge is 2.39. The topological polar surface area (TPSA) is 66.8 Å². The van der Waals surface area contributed by atoms with Crippen LogP contribution in [-0.2, 0) is 15.6 Å². The van der Waals surface area contributed by atoms with Crippen molar-refractivity contribution in [2.45, 2.75) is 102 Å². The van der Waals surface area contributed by atoms with E-state index in [9.17, 15) is 9.90 Å². The predicted molar refractivity (Wildman–Crippen MR) is 139 cm³/mol. The zero-order valence-electron chi connectivity index (χ0n) is 21.2. The van der Waals surface area contributed by atoms with Crippen molar-refractivity contribution in [3.8, 4) is 0 Å². The van der Waals surface area contributed by atoms with E-state index in [-0.39, 0.29) is 29.6 Å². The molecular formula is C28H44O4Si. The number of hydrogen-bond donors (Lipinski definition) is 2. The van der Waals surface area contributed by atoms with Crippen LogP contribution in [-0.4, -0.2) is 36.7 Å². The van der Waals surface area contributed by atoms with Crippen LogP contribution in [0.3, 0.4) is 0 Å². The van der Waals surface area contributed by atoms with Crippen LogP contribution < -0.4 is 0 Å². The first kappa shape index (κ1) is 27.6. The van der Waals surface area contributed by atoms with Crippen molar-refractivity contribution >= 4 is 14.3 Å². The van der Waals surface area contributed by atoms with E-state index in [0.29, 0.717) is 6.42 Å². The maximum atomic E-state index is 10.6. The highest BCUT2D eigenvalue weighted by Crippen LogP contribution is 2.39. The number of hydrogen-bond acceptors (Lipinski definition) is 3. The van der Waals surface area contributed by atoms with Gasteiger partial charge in [0.25, 0.3) is 0 Å². The standard InChI is InChI=1S/C28H44O4Si/c1-28(2,3)33(4,5)32-24(21-22-13-9-8-10-14-22)19-17-23-18-20-26(29)25(23)15-11-6-7-12-16-27(30)31/h6,8-11,13-14,18,24-26,29H,7,12,15-17,19-21H2,1-5H3,(H,30,31)/b11-6-/t24?,25-,26+/m1/s1. The highest BCUT2D eigenvalue weighted by molar-refractivity contribution is 6.74. The van der Waals surface area contributed by atoms with Gasteiger partial charge in [-0.25, -0.2) is 0 Å². The van der Waals surface area contributed by atoms with E-state index in [0.717, 1.165) is 38.5 Å². The van der Waals surface area contributed by atoms with Crippen LogP contribution >= 0.6 is 0 Å². The molecule has 1 aliphatic carbocycles. The quantitative estimate of drug-likeness (QED) is 0.186. The first-order chi connectivity index (χ1) is 15.5. The van der Waals surface area contributed by atoms with Gasteiger partial charge in [0.05, 0.1) is 6.10 Å². The molecule has 33 heavy (non-hydrogen) atoms. The molecular weight excluding hydrogens is 428 g/mol. The lowest BCUT2D eigenvalue weighted by molar-refractivity contribution is -0.137. The molecule has 0 saturated heterocycles. The fourth-order valence-corrected chi connectivity index (χ4v) is 5.55. The van der Waals surface area contributed by atoms with E-state index < -0.39 is 14.3 Å². The molecule has 3 atom stereocenters. The molecule has 0 bridgehead atoms. The summed E-state index contributed by atoms with van der Waals surface area (Å²) in [6.45, 7) is 11.5. The summed E-state index contributed by atoms with van der Waals surface area (Å²) in [5, 5.41) is 19.5. The van der Waals surface area contributed by atoms with Crippen molar-refractivity contribution in [2.24, 2.45) is 5.92 Å². The second-order valence-electron chi connectivity index (χ2n) is 10.9. The molecule has 1 aliphatic rings. The summed E-state index contributed by atoms with van der Waals surface area (Å²) in [4.78, 5) is 10.6. The van der Waals surface area contributed by atoms with Crippen molar-refractivity contribution in [3.63, 3.8) is 0 Å². The molecule has 0 spiro atoms. The molecule has 0 saturated carbocycles. The Bertz CT molecular complexity index is 792. The lowest BCUT2D eigenvalue weighted by Crippen LogP contribution is -2.44. The summed E-state index contributed by atoms with van der Waals surface area (Å²) < 4.78 is 6.86. The first-order valence-electron chi connectivity index (χ1n) is 12.4. The fourth-order valence-electron chi connectivity index (χ4n) is 4.16. The van der Waals surface area contributed by atoms with Crippen molar-refractivity contribution in [2.75, 3.05) is 0 Å². The Morgan fingerprint density at radius 3 is 2.55 bits per heavy atom. The fraction of sp³-hybridized carbons (Fsp3) is 0.607. The molecule has 5 heteroatoms. The van der Waals surface area contributed by atoms with Crippen LogP contribution in [0.4, 0.5) is 0 Å². The normalized spacial score (nSPS) is 20.2. The largest absolute Gasteiger partial charge is 0.481 e. The van der Waals surface area contributed by atoms with Crippen molar-refractivity contribution in [3.05, 3.63) is 59.7 Å². The number of carboxylic acids is 1. The Labute approximate surface area is 201 Å². The number of carbonyl (C=O) groups is 1. The van der Waals surface area contributed by atoms with Crippen molar-refractivity contribution in [1.82, 2.24) is 0 Å². The van der Waals surface area contributed by atoms with Gasteiger partial charge in [-0.15, -0.1) is 0 Å². The molecule has 4 nitrogen and oxygen atoms in total. The zero-order chi connectivity index (χ0) is 24.5. The third-order valence-electron chi connectivity index (χ3n) is 7.21. The van der Waals surface area contributed by atoms with Crippen LogP contribution in [0, 0.1) is 5.92 Å². The molecule has 0 heterocycles. The van der Waals surface area contributed by atoms with E-state index in [4.69, 9.17) is 9.53 Å². The summed E-state index contributed by atoms with van der Waals surface area (Å²) in [7, 11) is -1.89. The minimum absolute atomic E-state index is 0.158. The summed E-state index contributed by atoms with van der Waals surface area (Å²) in [5.74, 6) is -0.587. The van der Waals surface area contributed by atoms with Gasteiger partial charge in [0, 0.05) is 18.4 Å². The summed E-state index contributed by atoms with van der Waals surface area (Å²) in [6, 6.07) is 10.6. The van der Waals surface area contributed by atoms with E-state index in [1.165, 1.54) is 11.1 Å². The molecule has 1 unspecified atom stereocenters. The van der Waals surface area contributed by atoms with Gasteiger partial charge in [-0.2, -0.15) is 0 Å². The summed E-state index contributed by atoms with van der Waals surface area (Å²) in [5.41, 5.74) is 2.65. The number of carboxylic acid groups (broad SMARTS) is 1. The van der Waals surface area contributed by atoms with Crippen molar-refractivity contribution < 1.29 is 19.4 Å². The number of aliphatic hydroxyl groups is 1. The van der Waals surface area contributed by atoms with E-state index >= 15 is 0 Å². The molecule has 1 aromatic carbocycles. The van der Waals surface area contributed by atoms with Crippen LogP contribution in [0.1, 0.15) is 71.3 Å². The smallest absolute Gasteiger partial charge is 0.303 e. The van der Waals surface area contributed by atoms with Gasteiger partial charge in [-0.3, -0.25) is 4.79 Å². The third kappa shape index (κ3) is 9.23. The maximum Gasteiger partial charge on any atom is 0.303 e. The SMILES string of the molecule is CC(C)(C)[Si](C)(C)OC(CCC1=CC[C@H](O)[C@@H]1C/C=C\CCCC(=O)O)Cc1ccccc1. The maximum absolute atomic E-state index is 10.6. The minimum atomic E-state index is -1.89. The molecule has 184 valence electrons. The van der Waals surface area contributed by atoms with Crippen molar-refractivity contribution in [1.29, 1.82) is 0 Å². The van der Waals surface area contributed by atoms with Gasteiger partial charge in [-0.05, 0) is 68.6 Å². The summed E-state index contributed by atoms with van der Waals surface area (Å²) >= 11 is 0. The Hall–Kier alpha value is -1.69. The molecule has 0 amide bonds. The average molecular weight is 473 g/mol. The number of aliphatic hydroxyl groups excluding tert-OH is 1. The van der Waals surface area contributed by atoms with Gasteiger partial charge in [-0.1, -0.05) is 74.9 Å². The van der Waals surface area contributed by atoms with Gasteiger partial charge >= 0.3 is 5.97 Å². The number of aliphatic carboxylic acids is 1. The molecule has 0 aromatic heterocycles. The number of benzene rings is 1. The lowest BCUT2D eigenvalue weighted by atomic mass is 9.90. The molecule has 2 rings (SSSR count). The van der Waals surface area contributed by atoms with Crippen LogP contribution in [0.15, 0.2) is 54.1 Å². The minimum Gasteiger partial charge on any atom is -0.481 e.